The van der Waals surface area contributed by atoms with Crippen LogP contribution in [0.15, 0.2) is 47.1 Å². The molecule has 1 aromatic heterocycles. The van der Waals surface area contributed by atoms with E-state index >= 15 is 0 Å². The fourth-order valence-corrected chi connectivity index (χ4v) is 3.42. The average molecular weight is 402 g/mol. The first-order valence-corrected chi connectivity index (χ1v) is 9.92. The molecule has 0 saturated carbocycles. The normalized spacial score (nSPS) is 15.7. The second-order valence-corrected chi connectivity index (χ2v) is 7.00. The molecule has 0 unspecified atom stereocenters. The van der Waals surface area contributed by atoms with Crippen LogP contribution in [0.5, 0.6) is 0 Å². The van der Waals surface area contributed by atoms with E-state index < -0.39 is 11.8 Å². The van der Waals surface area contributed by atoms with E-state index in [-0.39, 0.29) is 18.4 Å². The van der Waals surface area contributed by atoms with Crippen molar-refractivity contribution in [2.45, 2.75) is 19.4 Å². The van der Waals surface area contributed by atoms with Gasteiger partial charge in [0.25, 0.3) is 0 Å². The number of carbonyl (C=O) groups excluding carboxylic acids is 2. The molecular formula is C21H27FN4O3. The number of hydrogen-bond donors (Lipinski definition) is 2. The topological polar surface area (TPSA) is 77.8 Å². The average Bonchev–Trinajstić information content (AvgIpc) is 3.27. The summed E-state index contributed by atoms with van der Waals surface area (Å²) in [5.74, 6) is -0.760. The van der Waals surface area contributed by atoms with E-state index in [1.54, 1.807) is 18.4 Å². The maximum Gasteiger partial charge on any atom is 0.309 e. The Morgan fingerprint density at radius 3 is 2.38 bits per heavy atom. The van der Waals surface area contributed by atoms with Gasteiger partial charge in [0.15, 0.2) is 0 Å². The number of anilines is 1. The number of amides is 2. The number of benzene rings is 1. The van der Waals surface area contributed by atoms with E-state index in [1.165, 1.54) is 12.1 Å². The number of halogens is 1. The minimum atomic E-state index is -0.639. The lowest BCUT2D eigenvalue weighted by atomic mass is 10.1. The maximum atomic E-state index is 13.2. The van der Waals surface area contributed by atoms with Crippen LogP contribution < -0.4 is 15.5 Å². The highest BCUT2D eigenvalue weighted by Gasteiger charge is 2.28. The largest absolute Gasteiger partial charge is 0.468 e. The zero-order valence-electron chi connectivity index (χ0n) is 16.6. The van der Waals surface area contributed by atoms with Gasteiger partial charge in [-0.3, -0.25) is 14.5 Å². The van der Waals surface area contributed by atoms with E-state index in [0.717, 1.165) is 44.0 Å². The first-order chi connectivity index (χ1) is 14.1. The summed E-state index contributed by atoms with van der Waals surface area (Å²) in [5, 5.41) is 5.29. The molecule has 156 valence electrons. The van der Waals surface area contributed by atoms with Gasteiger partial charge in [-0.15, -0.1) is 0 Å². The van der Waals surface area contributed by atoms with Gasteiger partial charge in [0, 0.05) is 45.0 Å². The molecule has 1 aromatic carbocycles. The zero-order valence-corrected chi connectivity index (χ0v) is 16.6. The van der Waals surface area contributed by atoms with E-state index in [1.807, 2.05) is 19.1 Å². The molecule has 1 aliphatic rings. The fourth-order valence-electron chi connectivity index (χ4n) is 3.42. The van der Waals surface area contributed by atoms with Crippen LogP contribution in [0, 0.1) is 5.82 Å². The molecule has 29 heavy (non-hydrogen) atoms. The number of furan rings is 1. The number of carbonyl (C=O) groups is 2. The van der Waals surface area contributed by atoms with Crippen LogP contribution >= 0.6 is 0 Å². The monoisotopic (exact) mass is 402 g/mol. The smallest absolute Gasteiger partial charge is 0.309 e. The summed E-state index contributed by atoms with van der Waals surface area (Å²) in [6, 6.07) is 10.0. The quantitative estimate of drug-likeness (QED) is 0.692. The Kier molecular flexibility index (Phi) is 7.24. The van der Waals surface area contributed by atoms with Crippen LogP contribution in [-0.2, 0) is 9.59 Å². The Hall–Kier alpha value is -2.87. The van der Waals surface area contributed by atoms with Crippen LogP contribution in [-0.4, -0.2) is 56.0 Å². The van der Waals surface area contributed by atoms with Gasteiger partial charge in [0.05, 0.1) is 12.3 Å². The third-order valence-electron chi connectivity index (χ3n) is 5.02. The van der Waals surface area contributed by atoms with Gasteiger partial charge in [-0.25, -0.2) is 4.39 Å². The summed E-state index contributed by atoms with van der Waals surface area (Å²) in [4.78, 5) is 28.3. The summed E-state index contributed by atoms with van der Waals surface area (Å²) < 4.78 is 18.7. The number of nitrogens with zero attached hydrogens (tertiary/aromatic N) is 2. The molecule has 0 spiro atoms. The molecular weight excluding hydrogens is 375 g/mol. The predicted molar refractivity (Wildman–Crippen MR) is 108 cm³/mol. The molecule has 0 radical (unpaired) electrons. The summed E-state index contributed by atoms with van der Waals surface area (Å²) >= 11 is 0. The van der Waals surface area contributed by atoms with Crippen LogP contribution in [0.3, 0.4) is 0 Å². The lowest BCUT2D eigenvalue weighted by Crippen LogP contribution is -2.50. The Labute approximate surface area is 169 Å². The Bertz CT molecular complexity index is 787. The molecule has 1 aliphatic heterocycles. The third kappa shape index (κ3) is 5.57. The molecule has 1 saturated heterocycles. The third-order valence-corrected chi connectivity index (χ3v) is 5.02. The SMILES string of the molecule is CCCNC(=O)C(=O)NC[C@@H](c1ccco1)N1CCN(c2ccc(F)cc2)CC1. The van der Waals surface area contributed by atoms with E-state index in [4.69, 9.17) is 4.42 Å². The highest BCUT2D eigenvalue weighted by molar-refractivity contribution is 6.35. The molecule has 8 heteroatoms. The molecule has 1 atom stereocenters. The Morgan fingerprint density at radius 2 is 1.76 bits per heavy atom. The van der Waals surface area contributed by atoms with Crippen molar-refractivity contribution in [3.63, 3.8) is 0 Å². The summed E-state index contributed by atoms with van der Waals surface area (Å²) in [6.07, 6.45) is 2.37. The van der Waals surface area contributed by atoms with Crippen LogP contribution in [0.1, 0.15) is 25.1 Å². The summed E-state index contributed by atoms with van der Waals surface area (Å²) in [7, 11) is 0. The molecule has 1 fully saturated rings. The number of hydrogen-bond acceptors (Lipinski definition) is 5. The molecule has 2 aromatic rings. The predicted octanol–water partition coefficient (Wildman–Crippen LogP) is 1.92. The first-order valence-electron chi connectivity index (χ1n) is 9.92. The highest BCUT2D eigenvalue weighted by Crippen LogP contribution is 2.24. The van der Waals surface area contributed by atoms with E-state index in [9.17, 15) is 14.0 Å². The molecule has 2 N–H and O–H groups in total. The standard InChI is InChI=1S/C21H27FN4O3/c1-2-9-23-20(27)21(28)24-15-18(19-4-3-14-29-19)26-12-10-25(11-13-26)17-7-5-16(22)6-8-17/h3-8,14,18H,2,9-13,15H2,1H3,(H,23,27)(H,24,28)/t18-/m0/s1. The van der Waals surface area contributed by atoms with Gasteiger partial charge in [-0.1, -0.05) is 6.92 Å². The second-order valence-electron chi connectivity index (χ2n) is 7.00. The van der Waals surface area contributed by atoms with Gasteiger partial charge in [0.1, 0.15) is 11.6 Å². The highest BCUT2D eigenvalue weighted by atomic mass is 19.1. The van der Waals surface area contributed by atoms with Crippen molar-refractivity contribution in [3.8, 4) is 0 Å². The van der Waals surface area contributed by atoms with Crippen molar-refractivity contribution >= 4 is 17.5 Å². The van der Waals surface area contributed by atoms with Gasteiger partial charge < -0.3 is 20.0 Å². The van der Waals surface area contributed by atoms with Crippen molar-refractivity contribution in [1.29, 1.82) is 0 Å². The van der Waals surface area contributed by atoms with Gasteiger partial charge in [-0.05, 0) is 42.8 Å². The summed E-state index contributed by atoms with van der Waals surface area (Å²) in [5.41, 5.74) is 0.987. The molecule has 2 heterocycles. The van der Waals surface area contributed by atoms with Crippen molar-refractivity contribution in [2.75, 3.05) is 44.2 Å². The fraction of sp³-hybridized carbons (Fsp3) is 0.429. The minimum Gasteiger partial charge on any atom is -0.468 e. The van der Waals surface area contributed by atoms with Crippen molar-refractivity contribution in [1.82, 2.24) is 15.5 Å². The van der Waals surface area contributed by atoms with Crippen LogP contribution in [0.2, 0.25) is 0 Å². The van der Waals surface area contributed by atoms with Crippen molar-refractivity contribution in [3.05, 3.63) is 54.2 Å². The zero-order chi connectivity index (χ0) is 20.6. The van der Waals surface area contributed by atoms with Crippen LogP contribution in [0.25, 0.3) is 0 Å². The number of piperazine rings is 1. The molecule has 0 bridgehead atoms. The lowest BCUT2D eigenvalue weighted by molar-refractivity contribution is -0.139. The van der Waals surface area contributed by atoms with Crippen LogP contribution in [0.4, 0.5) is 10.1 Å². The number of nitrogens with one attached hydrogen (secondary N) is 2. The lowest BCUT2D eigenvalue weighted by Gasteiger charge is -2.39. The van der Waals surface area contributed by atoms with E-state index in [2.05, 4.69) is 20.4 Å². The Balaban J connectivity index is 1.59. The van der Waals surface area contributed by atoms with E-state index in [0.29, 0.717) is 6.54 Å². The van der Waals surface area contributed by atoms with Gasteiger partial charge in [-0.2, -0.15) is 0 Å². The Morgan fingerprint density at radius 1 is 1.07 bits per heavy atom. The van der Waals surface area contributed by atoms with Crippen molar-refractivity contribution in [2.24, 2.45) is 0 Å². The molecule has 2 amide bonds. The molecule has 3 rings (SSSR count). The first kappa shape index (κ1) is 20.9. The number of rotatable bonds is 7. The molecule has 7 nitrogen and oxygen atoms in total. The van der Waals surface area contributed by atoms with Gasteiger partial charge >= 0.3 is 11.8 Å². The summed E-state index contributed by atoms with van der Waals surface area (Å²) in [6.45, 7) is 5.72. The molecule has 0 aliphatic carbocycles. The second kappa shape index (κ2) is 10.1. The minimum absolute atomic E-state index is 0.164. The van der Waals surface area contributed by atoms with Gasteiger partial charge in [0.2, 0.25) is 0 Å². The van der Waals surface area contributed by atoms with Crippen molar-refractivity contribution < 1.29 is 18.4 Å². The maximum absolute atomic E-state index is 13.2.